The highest BCUT2D eigenvalue weighted by molar-refractivity contribution is 5.24. The van der Waals surface area contributed by atoms with Gasteiger partial charge in [0, 0.05) is 18.7 Å². The van der Waals surface area contributed by atoms with Crippen LogP contribution >= 0.6 is 0 Å². The lowest BCUT2D eigenvalue weighted by atomic mass is 9.98. The molecular weight excluding hydrogens is 205 g/mol. The molecule has 0 heterocycles. The van der Waals surface area contributed by atoms with Crippen LogP contribution in [0.2, 0.25) is 0 Å². The maximum atomic E-state index is 13.8. The maximum Gasteiger partial charge on any atom is 0.147 e. The number of nitrogens with one attached hydrogen (secondary N) is 1. The summed E-state index contributed by atoms with van der Waals surface area (Å²) in [5, 5.41) is 3.29. The standard InChI is InChI=1S/C13H20FNO/c1-5-13(16-4,15-10(2)3)11-8-6-7-9-12(11)14/h6-10,15H,5H2,1-4H3/t13-/m0/s1. The molecular formula is C13H20FNO. The van der Waals surface area contributed by atoms with Crippen LogP contribution in [0.3, 0.4) is 0 Å². The molecule has 16 heavy (non-hydrogen) atoms. The molecule has 1 N–H and O–H groups in total. The van der Waals surface area contributed by atoms with E-state index in [9.17, 15) is 4.39 Å². The Morgan fingerprint density at radius 3 is 2.44 bits per heavy atom. The summed E-state index contributed by atoms with van der Waals surface area (Å²) < 4.78 is 19.3. The molecule has 0 bridgehead atoms. The molecule has 0 radical (unpaired) electrons. The predicted octanol–water partition coefficient (Wildman–Crippen LogP) is 3.03. The quantitative estimate of drug-likeness (QED) is 0.778. The van der Waals surface area contributed by atoms with E-state index in [1.807, 2.05) is 26.8 Å². The molecule has 1 aromatic rings. The number of ether oxygens (including phenoxy) is 1. The highest BCUT2D eigenvalue weighted by Crippen LogP contribution is 2.28. The molecule has 0 fully saturated rings. The van der Waals surface area contributed by atoms with Gasteiger partial charge in [-0.05, 0) is 26.3 Å². The van der Waals surface area contributed by atoms with E-state index in [4.69, 9.17) is 4.74 Å². The van der Waals surface area contributed by atoms with Crippen molar-refractivity contribution >= 4 is 0 Å². The van der Waals surface area contributed by atoms with Crippen molar-refractivity contribution in [3.8, 4) is 0 Å². The molecule has 0 aromatic heterocycles. The zero-order valence-corrected chi connectivity index (χ0v) is 10.4. The minimum absolute atomic E-state index is 0.222. The fourth-order valence-electron chi connectivity index (χ4n) is 1.94. The van der Waals surface area contributed by atoms with Crippen molar-refractivity contribution < 1.29 is 9.13 Å². The van der Waals surface area contributed by atoms with Gasteiger partial charge >= 0.3 is 0 Å². The first-order valence-corrected chi connectivity index (χ1v) is 5.63. The van der Waals surface area contributed by atoms with E-state index in [2.05, 4.69) is 5.32 Å². The molecule has 0 aliphatic heterocycles. The third kappa shape index (κ3) is 2.60. The largest absolute Gasteiger partial charge is 0.359 e. The first kappa shape index (κ1) is 13.1. The minimum Gasteiger partial charge on any atom is -0.359 e. The lowest BCUT2D eigenvalue weighted by Gasteiger charge is -2.35. The smallest absolute Gasteiger partial charge is 0.147 e. The van der Waals surface area contributed by atoms with Crippen LogP contribution in [-0.4, -0.2) is 13.2 Å². The van der Waals surface area contributed by atoms with E-state index in [1.165, 1.54) is 6.07 Å². The third-order valence-corrected chi connectivity index (χ3v) is 2.68. The van der Waals surface area contributed by atoms with E-state index in [0.717, 1.165) is 0 Å². The Bertz CT molecular complexity index is 334. The first-order chi connectivity index (χ1) is 7.55. The fourth-order valence-corrected chi connectivity index (χ4v) is 1.94. The fraction of sp³-hybridized carbons (Fsp3) is 0.538. The van der Waals surface area contributed by atoms with Crippen molar-refractivity contribution in [2.24, 2.45) is 0 Å². The van der Waals surface area contributed by atoms with Gasteiger partial charge in [-0.2, -0.15) is 0 Å². The van der Waals surface area contributed by atoms with Crippen LogP contribution in [0.15, 0.2) is 24.3 Å². The molecule has 3 heteroatoms. The molecule has 0 aliphatic carbocycles. The molecule has 0 amide bonds. The molecule has 0 spiro atoms. The number of hydrogen-bond acceptors (Lipinski definition) is 2. The van der Waals surface area contributed by atoms with Crippen LogP contribution in [-0.2, 0) is 10.5 Å². The van der Waals surface area contributed by atoms with Crippen molar-refractivity contribution in [3.63, 3.8) is 0 Å². The maximum absolute atomic E-state index is 13.8. The molecule has 0 unspecified atom stereocenters. The van der Waals surface area contributed by atoms with Crippen LogP contribution in [0.5, 0.6) is 0 Å². The van der Waals surface area contributed by atoms with Gasteiger partial charge < -0.3 is 4.74 Å². The van der Waals surface area contributed by atoms with Gasteiger partial charge in [-0.3, -0.25) is 5.32 Å². The topological polar surface area (TPSA) is 21.3 Å². The van der Waals surface area contributed by atoms with Gasteiger partial charge in [-0.1, -0.05) is 25.1 Å². The van der Waals surface area contributed by atoms with Crippen molar-refractivity contribution in [2.45, 2.75) is 39.0 Å². The number of hydrogen-bond donors (Lipinski definition) is 1. The van der Waals surface area contributed by atoms with E-state index >= 15 is 0 Å². The van der Waals surface area contributed by atoms with Crippen LogP contribution in [0.4, 0.5) is 4.39 Å². The molecule has 0 saturated heterocycles. The van der Waals surface area contributed by atoms with Crippen molar-refractivity contribution in [3.05, 3.63) is 35.6 Å². The third-order valence-electron chi connectivity index (χ3n) is 2.68. The second-order valence-electron chi connectivity index (χ2n) is 4.16. The Hall–Kier alpha value is -0.930. The van der Waals surface area contributed by atoms with E-state index < -0.39 is 5.72 Å². The van der Waals surface area contributed by atoms with E-state index in [-0.39, 0.29) is 11.9 Å². The highest BCUT2D eigenvalue weighted by Gasteiger charge is 2.32. The Labute approximate surface area is 96.8 Å². The molecule has 1 aromatic carbocycles. The monoisotopic (exact) mass is 225 g/mol. The number of halogens is 1. The second kappa shape index (κ2) is 5.41. The van der Waals surface area contributed by atoms with Crippen molar-refractivity contribution in [1.82, 2.24) is 5.32 Å². The van der Waals surface area contributed by atoms with Gasteiger partial charge in [0.2, 0.25) is 0 Å². The lowest BCUT2D eigenvalue weighted by Crippen LogP contribution is -2.47. The first-order valence-electron chi connectivity index (χ1n) is 5.63. The molecule has 0 saturated carbocycles. The van der Waals surface area contributed by atoms with Crippen molar-refractivity contribution in [2.75, 3.05) is 7.11 Å². The molecule has 90 valence electrons. The molecule has 1 rings (SSSR count). The summed E-state index contributed by atoms with van der Waals surface area (Å²) in [4.78, 5) is 0. The molecule has 0 aliphatic rings. The Kier molecular flexibility index (Phi) is 4.44. The zero-order valence-electron chi connectivity index (χ0n) is 10.4. The Balaban J connectivity index is 3.15. The number of benzene rings is 1. The van der Waals surface area contributed by atoms with Gasteiger partial charge in [0.05, 0.1) is 0 Å². The average molecular weight is 225 g/mol. The van der Waals surface area contributed by atoms with Gasteiger partial charge in [-0.25, -0.2) is 4.39 Å². The summed E-state index contributed by atoms with van der Waals surface area (Å²) in [5.74, 6) is -0.237. The van der Waals surface area contributed by atoms with E-state index in [1.54, 1.807) is 19.2 Å². The summed E-state index contributed by atoms with van der Waals surface area (Å²) in [6.07, 6.45) is 0.669. The summed E-state index contributed by atoms with van der Waals surface area (Å²) >= 11 is 0. The van der Waals surface area contributed by atoms with Gasteiger partial charge in [0.1, 0.15) is 11.5 Å². The SMILES string of the molecule is CC[C@](NC(C)C)(OC)c1ccccc1F. The van der Waals surface area contributed by atoms with Gasteiger partial charge in [0.25, 0.3) is 0 Å². The van der Waals surface area contributed by atoms with Gasteiger partial charge in [-0.15, -0.1) is 0 Å². The van der Waals surface area contributed by atoms with Crippen LogP contribution in [0.1, 0.15) is 32.8 Å². The van der Waals surface area contributed by atoms with Crippen LogP contribution in [0.25, 0.3) is 0 Å². The van der Waals surface area contributed by atoms with Crippen LogP contribution in [0, 0.1) is 5.82 Å². The van der Waals surface area contributed by atoms with Crippen LogP contribution < -0.4 is 5.32 Å². The lowest BCUT2D eigenvalue weighted by molar-refractivity contribution is -0.0570. The Morgan fingerprint density at radius 1 is 1.38 bits per heavy atom. The highest BCUT2D eigenvalue weighted by atomic mass is 19.1. The minimum atomic E-state index is -0.737. The summed E-state index contributed by atoms with van der Waals surface area (Å²) in [6.45, 7) is 6.01. The summed E-state index contributed by atoms with van der Waals surface area (Å²) in [7, 11) is 1.60. The summed E-state index contributed by atoms with van der Waals surface area (Å²) in [6, 6.07) is 6.95. The zero-order chi connectivity index (χ0) is 12.2. The van der Waals surface area contributed by atoms with Crippen molar-refractivity contribution in [1.29, 1.82) is 0 Å². The molecule has 2 nitrogen and oxygen atoms in total. The normalized spacial score (nSPS) is 15.1. The summed E-state index contributed by atoms with van der Waals surface area (Å²) in [5.41, 5.74) is -0.173. The predicted molar refractivity (Wildman–Crippen MR) is 63.6 cm³/mol. The van der Waals surface area contributed by atoms with Gasteiger partial charge in [0.15, 0.2) is 0 Å². The Morgan fingerprint density at radius 2 is 2.00 bits per heavy atom. The number of methoxy groups -OCH3 is 1. The van der Waals surface area contributed by atoms with E-state index in [0.29, 0.717) is 12.0 Å². The molecule has 1 atom stereocenters. The second-order valence-corrected chi connectivity index (χ2v) is 4.16. The number of rotatable bonds is 5. The average Bonchev–Trinajstić information content (AvgIpc) is 2.26.